The molecule has 1 unspecified atom stereocenters. The van der Waals surface area contributed by atoms with Crippen molar-refractivity contribution in [2.24, 2.45) is 17.9 Å². The molecule has 0 saturated carbocycles. The van der Waals surface area contributed by atoms with Crippen molar-refractivity contribution in [2.45, 2.75) is 12.5 Å². The molecular formula is C13H17N5O. The monoisotopic (exact) mass is 259 g/mol. The number of hydrogen-bond acceptors (Lipinski definition) is 4. The Hall–Kier alpha value is -2.50. The van der Waals surface area contributed by atoms with Crippen molar-refractivity contribution in [1.82, 2.24) is 9.78 Å². The molecule has 0 aliphatic carbocycles. The highest BCUT2D eigenvalue weighted by Crippen LogP contribution is 2.22. The normalized spacial score (nSPS) is 13.2. The standard InChI is InChI=1S/C13H17N5O/c1-18-9-11(8-15-18)16-12(7-13(14)17-19)10-5-3-2-4-6-10/h2-6,8-9,12,16,19H,7H2,1H3,(H2,14,17). The second-order valence-electron chi connectivity index (χ2n) is 4.31. The van der Waals surface area contributed by atoms with Crippen molar-refractivity contribution in [3.05, 3.63) is 48.3 Å². The number of oxime groups is 1. The Kier molecular flexibility index (Phi) is 4.02. The van der Waals surface area contributed by atoms with Crippen molar-refractivity contribution in [2.75, 3.05) is 5.32 Å². The summed E-state index contributed by atoms with van der Waals surface area (Å²) < 4.78 is 1.72. The average molecular weight is 259 g/mol. The molecule has 0 bridgehead atoms. The van der Waals surface area contributed by atoms with E-state index in [1.165, 1.54) is 0 Å². The highest BCUT2D eigenvalue weighted by atomic mass is 16.4. The molecule has 4 N–H and O–H groups in total. The van der Waals surface area contributed by atoms with E-state index in [4.69, 9.17) is 10.9 Å². The molecular weight excluding hydrogens is 242 g/mol. The van der Waals surface area contributed by atoms with E-state index in [2.05, 4.69) is 15.6 Å². The third-order valence-corrected chi connectivity index (χ3v) is 2.79. The summed E-state index contributed by atoms with van der Waals surface area (Å²) in [5, 5.41) is 19.2. The number of aryl methyl sites for hydroxylation is 1. The first-order chi connectivity index (χ1) is 9.19. The lowest BCUT2D eigenvalue weighted by Crippen LogP contribution is -2.20. The van der Waals surface area contributed by atoms with Crippen LogP contribution in [0.25, 0.3) is 0 Å². The third-order valence-electron chi connectivity index (χ3n) is 2.79. The van der Waals surface area contributed by atoms with Gasteiger partial charge in [0.1, 0.15) is 5.84 Å². The summed E-state index contributed by atoms with van der Waals surface area (Å²) in [5.41, 5.74) is 7.57. The quantitative estimate of drug-likeness (QED) is 0.330. The number of nitrogens with one attached hydrogen (secondary N) is 1. The van der Waals surface area contributed by atoms with Crippen LogP contribution in [0.2, 0.25) is 0 Å². The minimum Gasteiger partial charge on any atom is -0.409 e. The first kappa shape index (κ1) is 12.9. The fraction of sp³-hybridized carbons (Fsp3) is 0.231. The van der Waals surface area contributed by atoms with Crippen LogP contribution in [0.5, 0.6) is 0 Å². The van der Waals surface area contributed by atoms with Gasteiger partial charge in [-0.25, -0.2) is 0 Å². The summed E-state index contributed by atoms with van der Waals surface area (Å²) in [7, 11) is 1.85. The molecule has 1 atom stereocenters. The van der Waals surface area contributed by atoms with Gasteiger partial charge in [-0.3, -0.25) is 4.68 Å². The first-order valence-electron chi connectivity index (χ1n) is 5.95. The highest BCUT2D eigenvalue weighted by molar-refractivity contribution is 5.80. The summed E-state index contributed by atoms with van der Waals surface area (Å²) in [4.78, 5) is 0. The number of nitrogens with two attached hydrogens (primary N) is 1. The molecule has 100 valence electrons. The van der Waals surface area contributed by atoms with E-state index in [1.54, 1.807) is 10.9 Å². The number of benzene rings is 1. The lowest BCUT2D eigenvalue weighted by molar-refractivity contribution is 0.316. The Morgan fingerprint density at radius 2 is 2.21 bits per heavy atom. The van der Waals surface area contributed by atoms with Gasteiger partial charge >= 0.3 is 0 Å². The first-order valence-corrected chi connectivity index (χ1v) is 5.95. The fourth-order valence-electron chi connectivity index (χ4n) is 1.88. The van der Waals surface area contributed by atoms with E-state index in [0.29, 0.717) is 6.42 Å². The molecule has 0 fully saturated rings. The van der Waals surface area contributed by atoms with Crippen LogP contribution in [0.4, 0.5) is 5.69 Å². The van der Waals surface area contributed by atoms with E-state index < -0.39 is 0 Å². The van der Waals surface area contributed by atoms with Gasteiger partial charge in [0.2, 0.25) is 0 Å². The molecule has 0 saturated heterocycles. The number of aromatic nitrogens is 2. The molecule has 1 aromatic carbocycles. The number of amidine groups is 1. The van der Waals surface area contributed by atoms with Crippen LogP contribution < -0.4 is 11.1 Å². The summed E-state index contributed by atoms with van der Waals surface area (Å²) >= 11 is 0. The molecule has 1 heterocycles. The van der Waals surface area contributed by atoms with Crippen LogP contribution in [-0.4, -0.2) is 20.8 Å². The second-order valence-corrected chi connectivity index (χ2v) is 4.31. The van der Waals surface area contributed by atoms with Gasteiger partial charge < -0.3 is 16.3 Å². The van der Waals surface area contributed by atoms with Crippen molar-refractivity contribution in [3.8, 4) is 0 Å². The summed E-state index contributed by atoms with van der Waals surface area (Å²) in [6.45, 7) is 0. The molecule has 2 aromatic rings. The lowest BCUT2D eigenvalue weighted by atomic mass is 10.0. The Morgan fingerprint density at radius 3 is 2.79 bits per heavy atom. The maximum atomic E-state index is 8.72. The topological polar surface area (TPSA) is 88.5 Å². The van der Waals surface area contributed by atoms with Crippen LogP contribution in [-0.2, 0) is 7.05 Å². The van der Waals surface area contributed by atoms with E-state index in [1.807, 2.05) is 43.6 Å². The Labute approximate surface area is 111 Å². The molecule has 0 amide bonds. The maximum absolute atomic E-state index is 8.72. The Balaban J connectivity index is 2.19. The minimum absolute atomic E-state index is 0.0682. The van der Waals surface area contributed by atoms with Crippen LogP contribution in [0.15, 0.2) is 47.9 Å². The number of rotatable bonds is 5. The van der Waals surface area contributed by atoms with Crippen LogP contribution in [0, 0.1) is 0 Å². The van der Waals surface area contributed by atoms with Gasteiger partial charge in [0, 0.05) is 19.7 Å². The summed E-state index contributed by atoms with van der Waals surface area (Å²) in [5.74, 6) is 0.185. The number of nitrogens with zero attached hydrogens (tertiary/aromatic N) is 3. The van der Waals surface area contributed by atoms with Crippen molar-refractivity contribution in [1.29, 1.82) is 0 Å². The smallest absolute Gasteiger partial charge is 0.141 e. The zero-order chi connectivity index (χ0) is 13.7. The number of hydrogen-bond donors (Lipinski definition) is 3. The van der Waals surface area contributed by atoms with Gasteiger partial charge in [0.15, 0.2) is 0 Å². The van der Waals surface area contributed by atoms with Crippen molar-refractivity contribution >= 4 is 11.5 Å². The van der Waals surface area contributed by atoms with E-state index in [0.717, 1.165) is 11.3 Å². The molecule has 6 nitrogen and oxygen atoms in total. The molecule has 19 heavy (non-hydrogen) atoms. The van der Waals surface area contributed by atoms with Gasteiger partial charge in [-0.1, -0.05) is 35.5 Å². The molecule has 2 rings (SSSR count). The van der Waals surface area contributed by atoms with Gasteiger partial charge in [0.05, 0.1) is 17.9 Å². The van der Waals surface area contributed by atoms with Crippen LogP contribution in [0.1, 0.15) is 18.0 Å². The third kappa shape index (κ3) is 3.48. The zero-order valence-electron chi connectivity index (χ0n) is 10.7. The average Bonchev–Trinajstić information content (AvgIpc) is 2.84. The summed E-state index contributed by atoms with van der Waals surface area (Å²) in [6.07, 6.45) is 4.03. The molecule has 0 aliphatic heterocycles. The van der Waals surface area contributed by atoms with Gasteiger partial charge in [-0.2, -0.15) is 5.10 Å². The highest BCUT2D eigenvalue weighted by Gasteiger charge is 2.14. The fourth-order valence-corrected chi connectivity index (χ4v) is 1.88. The lowest BCUT2D eigenvalue weighted by Gasteiger charge is -2.18. The Bertz CT molecular complexity index is 549. The molecule has 0 aliphatic rings. The van der Waals surface area contributed by atoms with Gasteiger partial charge in [0.25, 0.3) is 0 Å². The van der Waals surface area contributed by atoms with E-state index in [9.17, 15) is 0 Å². The van der Waals surface area contributed by atoms with Crippen molar-refractivity contribution < 1.29 is 5.21 Å². The Morgan fingerprint density at radius 1 is 1.47 bits per heavy atom. The molecule has 1 aromatic heterocycles. The number of anilines is 1. The molecule has 6 heteroatoms. The van der Waals surface area contributed by atoms with E-state index in [-0.39, 0.29) is 11.9 Å². The molecule has 0 radical (unpaired) electrons. The minimum atomic E-state index is -0.0682. The maximum Gasteiger partial charge on any atom is 0.141 e. The van der Waals surface area contributed by atoms with Crippen LogP contribution in [0.3, 0.4) is 0 Å². The SMILES string of the molecule is Cn1cc(NC(CC(N)=NO)c2ccccc2)cn1. The van der Waals surface area contributed by atoms with Crippen LogP contribution >= 0.6 is 0 Å². The van der Waals surface area contributed by atoms with Gasteiger partial charge in [-0.15, -0.1) is 0 Å². The predicted molar refractivity (Wildman–Crippen MR) is 74.0 cm³/mol. The zero-order valence-corrected chi connectivity index (χ0v) is 10.7. The predicted octanol–water partition coefficient (Wildman–Crippen LogP) is 1.71. The van der Waals surface area contributed by atoms with Gasteiger partial charge in [-0.05, 0) is 5.56 Å². The largest absolute Gasteiger partial charge is 0.409 e. The molecule has 0 spiro atoms. The van der Waals surface area contributed by atoms with E-state index >= 15 is 0 Å². The second kappa shape index (κ2) is 5.90. The van der Waals surface area contributed by atoms with Crippen molar-refractivity contribution in [3.63, 3.8) is 0 Å². The summed E-state index contributed by atoms with van der Waals surface area (Å²) in [6, 6.07) is 9.80.